The molecule has 11 nitrogen and oxygen atoms in total. The number of alkyl halides is 6. The zero-order valence-corrected chi connectivity index (χ0v) is 25.7. The lowest BCUT2D eigenvalue weighted by atomic mass is 10.0. The number of pyridine rings is 1. The first-order valence-electron chi connectivity index (χ1n) is 13.8. The second kappa shape index (κ2) is 13.6. The molecule has 0 saturated carbocycles. The summed E-state index contributed by atoms with van der Waals surface area (Å²) in [4.78, 5) is 51.5. The van der Waals surface area contributed by atoms with Gasteiger partial charge in [0.05, 0.1) is 29.3 Å². The first kappa shape index (κ1) is 34.2. The van der Waals surface area contributed by atoms with E-state index in [0.717, 1.165) is 33.5 Å². The van der Waals surface area contributed by atoms with E-state index < -0.39 is 48.9 Å². The van der Waals surface area contributed by atoms with Crippen LogP contribution in [0.2, 0.25) is 0 Å². The number of Topliss-reactive ketones (excluding diaryl/α,β-unsaturated/α-hetero) is 1. The highest BCUT2D eigenvalue weighted by molar-refractivity contribution is 8.15. The van der Waals surface area contributed by atoms with Crippen molar-refractivity contribution in [2.45, 2.75) is 32.8 Å². The van der Waals surface area contributed by atoms with Crippen LogP contribution in [0.1, 0.15) is 34.0 Å². The summed E-state index contributed by atoms with van der Waals surface area (Å²) in [5, 5.41) is 6.71. The fraction of sp³-hybridized carbons (Fsp3) is 0.233. The number of thioether (sulfide) groups is 1. The number of amidine groups is 1. The number of hydrogen-bond acceptors (Lipinski definition) is 8. The summed E-state index contributed by atoms with van der Waals surface area (Å²) in [5.41, 5.74) is 0.721. The Morgan fingerprint density at radius 2 is 1.81 bits per heavy atom. The molecule has 5 rings (SSSR count). The van der Waals surface area contributed by atoms with Crippen LogP contribution in [0.4, 0.5) is 42.5 Å². The van der Waals surface area contributed by atoms with Crippen LogP contribution < -0.4 is 10.2 Å². The van der Waals surface area contributed by atoms with E-state index in [1.807, 2.05) is 0 Å². The number of carbonyl (C=O) groups is 3. The molecule has 250 valence electrons. The number of halogens is 6. The summed E-state index contributed by atoms with van der Waals surface area (Å²) in [6.07, 6.45) is -7.20. The molecule has 18 heteroatoms. The lowest BCUT2D eigenvalue weighted by Gasteiger charge is -2.21. The van der Waals surface area contributed by atoms with Gasteiger partial charge in [-0.05, 0) is 55.8 Å². The van der Waals surface area contributed by atoms with Crippen LogP contribution >= 0.6 is 11.8 Å². The Kier molecular flexibility index (Phi) is 9.67. The van der Waals surface area contributed by atoms with Gasteiger partial charge in [0.15, 0.2) is 22.6 Å². The number of urea groups is 1. The van der Waals surface area contributed by atoms with Crippen molar-refractivity contribution in [2.24, 2.45) is 4.99 Å². The number of nitrogens with one attached hydrogen (secondary N) is 1. The summed E-state index contributed by atoms with van der Waals surface area (Å²) >= 11 is 0.946. The number of amides is 3. The molecule has 0 spiro atoms. The van der Waals surface area contributed by atoms with Gasteiger partial charge in [-0.15, -0.1) is 5.10 Å². The van der Waals surface area contributed by atoms with Crippen molar-refractivity contribution in [1.29, 1.82) is 0 Å². The first-order valence-corrected chi connectivity index (χ1v) is 14.8. The van der Waals surface area contributed by atoms with Crippen molar-refractivity contribution in [3.8, 4) is 17.2 Å². The maximum atomic E-state index is 13.0. The maximum Gasteiger partial charge on any atom is 0.417 e. The molecule has 1 saturated heterocycles. The van der Waals surface area contributed by atoms with Gasteiger partial charge in [0, 0.05) is 22.9 Å². The molecule has 2 aromatic heterocycles. The van der Waals surface area contributed by atoms with Crippen molar-refractivity contribution >= 4 is 46.0 Å². The first-order chi connectivity index (χ1) is 22.6. The normalized spacial score (nSPS) is 14.5. The largest absolute Gasteiger partial charge is 0.417 e. The molecule has 0 unspecified atom stereocenters. The number of nitrogens with zero attached hydrogens (tertiary/aromatic N) is 6. The summed E-state index contributed by atoms with van der Waals surface area (Å²) in [6, 6.07) is 10.1. The predicted octanol–water partition coefficient (Wildman–Crippen LogP) is 6.61. The van der Waals surface area contributed by atoms with Crippen molar-refractivity contribution in [3.05, 3.63) is 83.3 Å². The second-order valence-electron chi connectivity index (χ2n) is 10.3. The molecule has 0 aliphatic carbocycles. The summed E-state index contributed by atoms with van der Waals surface area (Å²) < 4.78 is 82.5. The van der Waals surface area contributed by atoms with E-state index in [4.69, 9.17) is 4.74 Å². The van der Waals surface area contributed by atoms with Crippen molar-refractivity contribution in [3.63, 3.8) is 0 Å². The quantitative estimate of drug-likeness (QED) is 0.161. The number of ether oxygens (including phenoxy) is 1. The highest BCUT2D eigenvalue weighted by Crippen LogP contribution is 2.32. The Morgan fingerprint density at radius 1 is 1.04 bits per heavy atom. The smallest absolute Gasteiger partial charge is 0.367 e. The van der Waals surface area contributed by atoms with E-state index in [1.165, 1.54) is 37.5 Å². The summed E-state index contributed by atoms with van der Waals surface area (Å²) in [7, 11) is 0. The lowest BCUT2D eigenvalue weighted by Crippen LogP contribution is -2.31. The number of aryl methyl sites for hydroxylation is 1. The third kappa shape index (κ3) is 8.06. The van der Waals surface area contributed by atoms with E-state index >= 15 is 0 Å². The predicted molar refractivity (Wildman–Crippen MR) is 163 cm³/mol. The number of aromatic nitrogens is 4. The third-order valence-corrected chi connectivity index (χ3v) is 7.59. The van der Waals surface area contributed by atoms with Crippen LogP contribution in [0.5, 0.6) is 0 Å². The molecular formula is C30H23F6N7O4S. The van der Waals surface area contributed by atoms with Gasteiger partial charge in [-0.2, -0.15) is 31.3 Å². The fourth-order valence-electron chi connectivity index (χ4n) is 4.47. The summed E-state index contributed by atoms with van der Waals surface area (Å²) in [5.74, 6) is -0.805. The van der Waals surface area contributed by atoms with Crippen molar-refractivity contribution < 1.29 is 45.5 Å². The Hall–Kier alpha value is -5.10. The molecule has 2 aromatic carbocycles. The Balaban J connectivity index is 1.36. The van der Waals surface area contributed by atoms with Gasteiger partial charge < -0.3 is 10.1 Å². The number of anilines is 2. The van der Waals surface area contributed by atoms with Crippen LogP contribution in [-0.4, -0.2) is 61.2 Å². The molecule has 1 fully saturated rings. The maximum absolute atomic E-state index is 13.0. The number of carbonyl (C=O) groups excluding carboxylic acids is 3. The summed E-state index contributed by atoms with van der Waals surface area (Å²) in [6.45, 7) is 1.04. The van der Waals surface area contributed by atoms with Gasteiger partial charge >= 0.3 is 18.4 Å². The highest BCUT2D eigenvalue weighted by atomic mass is 32.2. The minimum atomic E-state index is -4.56. The standard InChI is InChI=1S/C30H23F6N7O4S/c1-16-3-4-19(12-47-14-29(31,32)33)23(9-16)43-25(45)13-48-28(43)40-27(46)39-22-7-5-18(10-21(22)17(2)44)26-38-15-42(41-26)24-8-6-20(11-37-24)30(34,35)36/h3-11,15H,12-14H2,1-2H3,(H,39,46). The van der Waals surface area contributed by atoms with E-state index in [2.05, 4.69) is 25.4 Å². The number of benzene rings is 2. The van der Waals surface area contributed by atoms with Crippen molar-refractivity contribution in [1.82, 2.24) is 19.7 Å². The van der Waals surface area contributed by atoms with E-state index in [1.54, 1.807) is 19.1 Å². The molecule has 3 amide bonds. The molecule has 1 aliphatic rings. The molecular weight excluding hydrogens is 668 g/mol. The van der Waals surface area contributed by atoms with Crippen LogP contribution in [0.25, 0.3) is 17.2 Å². The monoisotopic (exact) mass is 691 g/mol. The molecule has 0 atom stereocenters. The highest BCUT2D eigenvalue weighted by Gasteiger charge is 2.33. The van der Waals surface area contributed by atoms with Crippen molar-refractivity contribution in [2.75, 3.05) is 22.6 Å². The van der Waals surface area contributed by atoms with Crippen LogP contribution in [0.3, 0.4) is 0 Å². The fourth-order valence-corrected chi connectivity index (χ4v) is 5.33. The van der Waals surface area contributed by atoms with Gasteiger partial charge in [-0.3, -0.25) is 14.5 Å². The second-order valence-corrected chi connectivity index (χ2v) is 11.3. The minimum Gasteiger partial charge on any atom is -0.367 e. The Bertz CT molecular complexity index is 1910. The number of aliphatic imine (C=N–C) groups is 1. The van der Waals surface area contributed by atoms with Gasteiger partial charge in [-0.1, -0.05) is 23.9 Å². The molecule has 1 N–H and O–H groups in total. The van der Waals surface area contributed by atoms with Gasteiger partial charge in [0.1, 0.15) is 12.9 Å². The Morgan fingerprint density at radius 3 is 2.48 bits per heavy atom. The van der Waals surface area contributed by atoms with Gasteiger partial charge in [0.2, 0.25) is 5.91 Å². The van der Waals surface area contributed by atoms with E-state index in [9.17, 15) is 40.7 Å². The molecule has 0 radical (unpaired) electrons. The van der Waals surface area contributed by atoms with Crippen LogP contribution in [0, 0.1) is 6.92 Å². The number of rotatable bonds is 8. The van der Waals surface area contributed by atoms with Gasteiger partial charge in [-0.25, -0.2) is 19.4 Å². The molecule has 48 heavy (non-hydrogen) atoms. The van der Waals surface area contributed by atoms with Gasteiger partial charge in [0.25, 0.3) is 0 Å². The van der Waals surface area contributed by atoms with E-state index in [-0.39, 0.29) is 45.1 Å². The third-order valence-electron chi connectivity index (χ3n) is 6.67. The number of ketones is 1. The minimum absolute atomic E-state index is 0.0345. The molecule has 0 bridgehead atoms. The van der Waals surface area contributed by atoms with Crippen LogP contribution in [0.15, 0.2) is 66.0 Å². The zero-order chi connectivity index (χ0) is 34.8. The lowest BCUT2D eigenvalue weighted by molar-refractivity contribution is -0.176. The average molecular weight is 692 g/mol. The average Bonchev–Trinajstić information content (AvgIpc) is 3.64. The molecule has 3 heterocycles. The number of hydrogen-bond donors (Lipinski definition) is 1. The SMILES string of the molecule is CC(=O)c1cc(-c2ncn(-c3ccc(C(F)(F)F)cn3)n2)ccc1NC(=O)N=C1SCC(=O)N1c1cc(C)ccc1COCC(F)(F)F. The molecule has 4 aromatic rings. The van der Waals surface area contributed by atoms with Crippen LogP contribution in [-0.2, 0) is 22.3 Å². The topological polar surface area (TPSA) is 132 Å². The zero-order valence-electron chi connectivity index (χ0n) is 24.9. The molecule has 1 aliphatic heterocycles. The van der Waals surface area contributed by atoms with E-state index in [0.29, 0.717) is 17.3 Å². The Labute approximate surface area is 272 Å².